The molecular formula is C12H19N3O. The fourth-order valence-corrected chi connectivity index (χ4v) is 2.22. The summed E-state index contributed by atoms with van der Waals surface area (Å²) in [5, 5.41) is 6.48. The smallest absolute Gasteiger partial charge is 0.128 e. The molecule has 1 aromatic rings. The first kappa shape index (κ1) is 11.2. The summed E-state index contributed by atoms with van der Waals surface area (Å²) in [5.74, 6) is 1.80. The van der Waals surface area contributed by atoms with E-state index in [4.69, 9.17) is 4.74 Å². The molecule has 1 saturated carbocycles. The van der Waals surface area contributed by atoms with Gasteiger partial charge in [0.1, 0.15) is 11.6 Å². The van der Waals surface area contributed by atoms with Crippen molar-refractivity contribution >= 4 is 11.6 Å². The molecule has 2 unspecified atom stereocenters. The van der Waals surface area contributed by atoms with Crippen LogP contribution in [0.25, 0.3) is 0 Å². The number of nitrogens with one attached hydrogen (secondary N) is 2. The molecule has 1 aliphatic rings. The summed E-state index contributed by atoms with van der Waals surface area (Å²) >= 11 is 0. The minimum absolute atomic E-state index is 0.319. The van der Waals surface area contributed by atoms with Crippen molar-refractivity contribution in [3.63, 3.8) is 0 Å². The third-order valence-electron chi connectivity index (χ3n) is 3.09. The molecule has 4 nitrogen and oxygen atoms in total. The van der Waals surface area contributed by atoms with E-state index in [1.807, 2.05) is 25.2 Å². The largest absolute Gasteiger partial charge is 0.379 e. The number of anilines is 2. The van der Waals surface area contributed by atoms with Crippen LogP contribution in [0.15, 0.2) is 18.2 Å². The van der Waals surface area contributed by atoms with Crippen LogP contribution in [0.1, 0.15) is 19.3 Å². The molecule has 0 saturated heterocycles. The molecule has 4 heteroatoms. The van der Waals surface area contributed by atoms with Crippen molar-refractivity contribution in [2.24, 2.45) is 0 Å². The van der Waals surface area contributed by atoms with Gasteiger partial charge in [0.15, 0.2) is 0 Å². The molecule has 0 amide bonds. The number of methoxy groups -OCH3 is 1. The van der Waals surface area contributed by atoms with E-state index < -0.39 is 0 Å². The maximum Gasteiger partial charge on any atom is 0.128 e. The Morgan fingerprint density at radius 1 is 1.31 bits per heavy atom. The summed E-state index contributed by atoms with van der Waals surface area (Å²) < 4.78 is 5.45. The second-order valence-corrected chi connectivity index (χ2v) is 4.11. The average molecular weight is 221 g/mol. The van der Waals surface area contributed by atoms with Crippen LogP contribution >= 0.6 is 0 Å². The van der Waals surface area contributed by atoms with Crippen molar-refractivity contribution in [2.45, 2.75) is 31.4 Å². The van der Waals surface area contributed by atoms with Gasteiger partial charge in [-0.25, -0.2) is 4.98 Å². The molecule has 1 aliphatic carbocycles. The number of aromatic nitrogens is 1. The first-order chi connectivity index (χ1) is 7.83. The molecule has 1 fully saturated rings. The third-order valence-corrected chi connectivity index (χ3v) is 3.09. The third kappa shape index (κ3) is 2.44. The van der Waals surface area contributed by atoms with Gasteiger partial charge in [-0.2, -0.15) is 0 Å². The maximum atomic E-state index is 5.45. The zero-order valence-corrected chi connectivity index (χ0v) is 9.86. The van der Waals surface area contributed by atoms with Gasteiger partial charge in [-0.3, -0.25) is 0 Å². The molecule has 0 aromatic carbocycles. The molecule has 2 N–H and O–H groups in total. The van der Waals surface area contributed by atoms with E-state index in [2.05, 4.69) is 15.6 Å². The van der Waals surface area contributed by atoms with Gasteiger partial charge in [0.25, 0.3) is 0 Å². The predicted molar refractivity (Wildman–Crippen MR) is 65.8 cm³/mol. The number of pyridine rings is 1. The summed E-state index contributed by atoms with van der Waals surface area (Å²) in [4.78, 5) is 4.45. The van der Waals surface area contributed by atoms with E-state index in [1.54, 1.807) is 7.11 Å². The van der Waals surface area contributed by atoms with Crippen LogP contribution in [0.5, 0.6) is 0 Å². The van der Waals surface area contributed by atoms with E-state index >= 15 is 0 Å². The maximum absolute atomic E-state index is 5.45. The summed E-state index contributed by atoms with van der Waals surface area (Å²) in [6.45, 7) is 0. The van der Waals surface area contributed by atoms with Crippen LogP contribution in [-0.4, -0.2) is 31.3 Å². The van der Waals surface area contributed by atoms with Crippen molar-refractivity contribution in [2.75, 3.05) is 24.8 Å². The minimum Gasteiger partial charge on any atom is -0.379 e. The molecular weight excluding hydrogens is 202 g/mol. The van der Waals surface area contributed by atoms with E-state index in [0.29, 0.717) is 12.1 Å². The van der Waals surface area contributed by atoms with Crippen molar-refractivity contribution < 1.29 is 4.74 Å². The quantitative estimate of drug-likeness (QED) is 0.817. The monoisotopic (exact) mass is 221 g/mol. The van der Waals surface area contributed by atoms with Gasteiger partial charge in [0.05, 0.1) is 12.1 Å². The number of hydrogen-bond acceptors (Lipinski definition) is 4. The zero-order valence-electron chi connectivity index (χ0n) is 9.86. The number of ether oxygens (including phenoxy) is 1. The lowest BCUT2D eigenvalue weighted by Gasteiger charge is -2.20. The lowest BCUT2D eigenvalue weighted by Crippen LogP contribution is -2.30. The van der Waals surface area contributed by atoms with E-state index in [9.17, 15) is 0 Å². The highest BCUT2D eigenvalue weighted by Gasteiger charge is 2.27. The SMILES string of the molecule is CNc1cccc(NC2CCCC2OC)n1. The Hall–Kier alpha value is -1.29. The van der Waals surface area contributed by atoms with Crippen LogP contribution < -0.4 is 10.6 Å². The van der Waals surface area contributed by atoms with Gasteiger partial charge in [0, 0.05) is 14.2 Å². The molecule has 0 spiro atoms. The van der Waals surface area contributed by atoms with Crippen molar-refractivity contribution in [1.82, 2.24) is 4.98 Å². The Morgan fingerprint density at radius 3 is 2.88 bits per heavy atom. The molecule has 0 radical (unpaired) electrons. The van der Waals surface area contributed by atoms with Crippen LogP contribution in [0.4, 0.5) is 11.6 Å². The van der Waals surface area contributed by atoms with Crippen LogP contribution in [0, 0.1) is 0 Å². The fourth-order valence-electron chi connectivity index (χ4n) is 2.22. The summed E-state index contributed by atoms with van der Waals surface area (Å²) in [5.41, 5.74) is 0. The number of hydrogen-bond donors (Lipinski definition) is 2. The molecule has 0 bridgehead atoms. The van der Waals surface area contributed by atoms with Gasteiger partial charge in [-0.15, -0.1) is 0 Å². The Kier molecular flexibility index (Phi) is 3.62. The van der Waals surface area contributed by atoms with Gasteiger partial charge in [-0.1, -0.05) is 6.07 Å². The second kappa shape index (κ2) is 5.16. The van der Waals surface area contributed by atoms with Gasteiger partial charge < -0.3 is 15.4 Å². The topological polar surface area (TPSA) is 46.2 Å². The van der Waals surface area contributed by atoms with E-state index in [-0.39, 0.29) is 0 Å². The highest BCUT2D eigenvalue weighted by molar-refractivity contribution is 5.45. The zero-order chi connectivity index (χ0) is 11.4. The van der Waals surface area contributed by atoms with Gasteiger partial charge in [0.2, 0.25) is 0 Å². The molecule has 1 aromatic heterocycles. The normalized spacial score (nSPS) is 24.4. The summed E-state index contributed by atoms with van der Waals surface area (Å²) in [7, 11) is 3.65. The van der Waals surface area contributed by atoms with Gasteiger partial charge in [-0.05, 0) is 31.4 Å². The molecule has 1 heterocycles. The summed E-state index contributed by atoms with van der Waals surface area (Å²) in [6, 6.07) is 6.34. The van der Waals surface area contributed by atoms with E-state index in [0.717, 1.165) is 24.5 Å². The van der Waals surface area contributed by atoms with E-state index in [1.165, 1.54) is 6.42 Å². The van der Waals surface area contributed by atoms with Crippen LogP contribution in [0.3, 0.4) is 0 Å². The minimum atomic E-state index is 0.319. The van der Waals surface area contributed by atoms with Crippen LogP contribution in [0.2, 0.25) is 0 Å². The highest BCUT2D eigenvalue weighted by Crippen LogP contribution is 2.24. The van der Waals surface area contributed by atoms with Crippen molar-refractivity contribution in [3.8, 4) is 0 Å². The Balaban J connectivity index is 2.02. The molecule has 2 atom stereocenters. The Morgan fingerprint density at radius 2 is 2.12 bits per heavy atom. The Labute approximate surface area is 96.4 Å². The Bertz CT molecular complexity index is 343. The summed E-state index contributed by atoms with van der Waals surface area (Å²) in [6.07, 6.45) is 3.84. The molecule has 16 heavy (non-hydrogen) atoms. The highest BCUT2D eigenvalue weighted by atomic mass is 16.5. The molecule has 88 valence electrons. The first-order valence-corrected chi connectivity index (χ1v) is 5.77. The number of nitrogens with zero attached hydrogens (tertiary/aromatic N) is 1. The van der Waals surface area contributed by atoms with Gasteiger partial charge >= 0.3 is 0 Å². The lowest BCUT2D eigenvalue weighted by atomic mass is 10.2. The first-order valence-electron chi connectivity index (χ1n) is 5.77. The van der Waals surface area contributed by atoms with Crippen LogP contribution in [-0.2, 0) is 4.74 Å². The standard InChI is InChI=1S/C12H19N3O/c1-13-11-7-4-8-12(15-11)14-9-5-3-6-10(9)16-2/h4,7-10H,3,5-6H2,1-2H3,(H2,13,14,15). The van der Waals surface area contributed by atoms with Crippen molar-refractivity contribution in [1.29, 1.82) is 0 Å². The van der Waals surface area contributed by atoms with Crippen molar-refractivity contribution in [3.05, 3.63) is 18.2 Å². The second-order valence-electron chi connectivity index (χ2n) is 4.11. The molecule has 0 aliphatic heterocycles. The predicted octanol–water partition coefficient (Wildman–Crippen LogP) is 2.10. The fraction of sp³-hybridized carbons (Fsp3) is 0.583. The lowest BCUT2D eigenvalue weighted by molar-refractivity contribution is 0.101. The molecule has 2 rings (SSSR count). The number of rotatable bonds is 4. The average Bonchev–Trinajstić information content (AvgIpc) is 2.76.